The van der Waals surface area contributed by atoms with Gasteiger partial charge >= 0.3 is 12.1 Å². The number of anilines is 1. The van der Waals surface area contributed by atoms with E-state index in [0.29, 0.717) is 24.2 Å². The van der Waals surface area contributed by atoms with Gasteiger partial charge in [-0.1, -0.05) is 6.92 Å². The van der Waals surface area contributed by atoms with Gasteiger partial charge in [-0.3, -0.25) is 9.48 Å². The molecule has 2 aromatic heterocycles. The Morgan fingerprint density at radius 1 is 1.31 bits per heavy atom. The SMILES string of the molecule is CCc1cc(C(=O)NC2CC(Nc3ccnc(COC)n3)C2)n(C)n1.O=C(O)C(F)(F)F. The number of halogens is 3. The molecule has 1 amide bonds. The summed E-state index contributed by atoms with van der Waals surface area (Å²) in [5, 5.41) is 17.9. The summed E-state index contributed by atoms with van der Waals surface area (Å²) in [5.41, 5.74) is 1.53. The van der Waals surface area contributed by atoms with Crippen LogP contribution in [0.4, 0.5) is 19.0 Å². The Morgan fingerprint density at radius 3 is 2.50 bits per heavy atom. The Morgan fingerprint density at radius 2 is 1.97 bits per heavy atom. The molecule has 2 aromatic rings. The molecule has 0 saturated heterocycles. The molecule has 0 atom stereocenters. The minimum absolute atomic E-state index is 0.0671. The number of rotatable bonds is 7. The summed E-state index contributed by atoms with van der Waals surface area (Å²) in [7, 11) is 3.42. The molecule has 1 aliphatic rings. The number of hydrogen-bond acceptors (Lipinski definition) is 7. The van der Waals surface area contributed by atoms with Crippen molar-refractivity contribution >= 4 is 17.7 Å². The van der Waals surface area contributed by atoms with Crippen LogP contribution < -0.4 is 10.6 Å². The highest BCUT2D eigenvalue weighted by molar-refractivity contribution is 5.93. The molecular formula is C19H25F3N6O4. The van der Waals surface area contributed by atoms with E-state index in [0.717, 1.165) is 30.8 Å². The van der Waals surface area contributed by atoms with Crippen molar-refractivity contribution in [3.05, 3.63) is 35.5 Å². The van der Waals surface area contributed by atoms with Crippen molar-refractivity contribution in [2.75, 3.05) is 12.4 Å². The van der Waals surface area contributed by atoms with E-state index in [9.17, 15) is 18.0 Å². The van der Waals surface area contributed by atoms with E-state index in [4.69, 9.17) is 14.6 Å². The van der Waals surface area contributed by atoms with Gasteiger partial charge in [0.2, 0.25) is 0 Å². The van der Waals surface area contributed by atoms with Crippen LogP contribution >= 0.6 is 0 Å². The molecule has 0 aliphatic heterocycles. The van der Waals surface area contributed by atoms with E-state index in [1.54, 1.807) is 25.0 Å². The van der Waals surface area contributed by atoms with Gasteiger partial charge < -0.3 is 20.5 Å². The minimum Gasteiger partial charge on any atom is -0.475 e. The molecule has 13 heteroatoms. The van der Waals surface area contributed by atoms with Crippen molar-refractivity contribution in [1.29, 1.82) is 0 Å². The predicted molar refractivity (Wildman–Crippen MR) is 107 cm³/mol. The Labute approximate surface area is 182 Å². The van der Waals surface area contributed by atoms with Gasteiger partial charge in [0.15, 0.2) is 5.82 Å². The smallest absolute Gasteiger partial charge is 0.475 e. The number of aliphatic carboxylic acids is 1. The van der Waals surface area contributed by atoms with Crippen LogP contribution in [-0.2, 0) is 29.6 Å². The standard InChI is InChI=1S/C17H24N6O2.C2HF3O2/c1-4-11-9-14(23(2)22-11)17(24)20-13-7-12(8-13)19-15-5-6-18-16(21-15)10-25-3;3-2(4,5)1(6)7/h5-6,9,12-13H,4,7-8,10H2,1-3H3,(H,20,24)(H,18,19,21);(H,6,7). The Bertz CT molecular complexity index is 928. The molecule has 0 aromatic carbocycles. The molecule has 3 N–H and O–H groups in total. The third kappa shape index (κ3) is 7.18. The van der Waals surface area contributed by atoms with Crippen LogP contribution in [-0.4, -0.2) is 62.1 Å². The lowest BCUT2D eigenvalue weighted by atomic mass is 9.86. The molecule has 0 radical (unpaired) electrons. The van der Waals surface area contributed by atoms with Gasteiger partial charge in [0.25, 0.3) is 5.91 Å². The number of aromatic nitrogens is 4. The molecule has 0 spiro atoms. The fraction of sp³-hybridized carbons (Fsp3) is 0.526. The summed E-state index contributed by atoms with van der Waals surface area (Å²) in [6, 6.07) is 4.16. The first-order chi connectivity index (χ1) is 15.0. The second-order valence-corrected chi connectivity index (χ2v) is 7.08. The van der Waals surface area contributed by atoms with Crippen LogP contribution in [0, 0.1) is 0 Å². The maximum Gasteiger partial charge on any atom is 0.490 e. The minimum atomic E-state index is -5.08. The second-order valence-electron chi connectivity index (χ2n) is 7.08. The number of aryl methyl sites for hydroxylation is 2. The number of carboxylic acids is 1. The lowest BCUT2D eigenvalue weighted by molar-refractivity contribution is -0.192. The maximum atomic E-state index is 12.4. The van der Waals surface area contributed by atoms with E-state index in [1.165, 1.54) is 0 Å². The molecule has 10 nitrogen and oxygen atoms in total. The number of ether oxygens (including phenoxy) is 1. The molecule has 176 valence electrons. The first kappa shape index (κ1) is 25.0. The first-order valence-corrected chi connectivity index (χ1v) is 9.74. The van der Waals surface area contributed by atoms with Crippen LogP contribution in [0.2, 0.25) is 0 Å². The predicted octanol–water partition coefficient (Wildman–Crippen LogP) is 1.93. The summed E-state index contributed by atoms with van der Waals surface area (Å²) in [6.07, 6.45) is -0.808. The van der Waals surface area contributed by atoms with Gasteiger partial charge in [-0.05, 0) is 31.4 Å². The molecule has 1 fully saturated rings. The number of carbonyl (C=O) groups excluding carboxylic acids is 1. The Kier molecular flexibility index (Phi) is 8.52. The molecule has 32 heavy (non-hydrogen) atoms. The quantitative estimate of drug-likeness (QED) is 0.574. The second kappa shape index (κ2) is 10.9. The van der Waals surface area contributed by atoms with Crippen molar-refractivity contribution < 1.29 is 32.6 Å². The summed E-state index contributed by atoms with van der Waals surface area (Å²) in [6.45, 7) is 2.42. The lowest BCUT2D eigenvalue weighted by Crippen LogP contribution is -2.50. The highest BCUT2D eigenvalue weighted by Crippen LogP contribution is 2.24. The molecular weight excluding hydrogens is 433 g/mol. The molecule has 1 aliphatic carbocycles. The summed E-state index contributed by atoms with van der Waals surface area (Å²) in [4.78, 5) is 29.8. The fourth-order valence-electron chi connectivity index (χ4n) is 2.91. The maximum absolute atomic E-state index is 12.4. The van der Waals surface area contributed by atoms with Gasteiger partial charge in [-0.25, -0.2) is 14.8 Å². The van der Waals surface area contributed by atoms with Crippen LogP contribution in [0.5, 0.6) is 0 Å². The zero-order chi connectivity index (χ0) is 23.9. The summed E-state index contributed by atoms with van der Waals surface area (Å²) >= 11 is 0. The summed E-state index contributed by atoms with van der Waals surface area (Å²) < 4.78 is 38.4. The number of nitrogens with one attached hydrogen (secondary N) is 2. The summed E-state index contributed by atoms with van der Waals surface area (Å²) in [5.74, 6) is -1.38. The molecule has 2 heterocycles. The number of nitrogens with zero attached hydrogens (tertiary/aromatic N) is 4. The van der Waals surface area contributed by atoms with Gasteiger partial charge in [0, 0.05) is 32.4 Å². The van der Waals surface area contributed by atoms with Crippen molar-refractivity contribution in [2.45, 2.75) is 51.1 Å². The largest absolute Gasteiger partial charge is 0.490 e. The monoisotopic (exact) mass is 458 g/mol. The third-order valence-corrected chi connectivity index (χ3v) is 4.57. The normalized spacial score (nSPS) is 17.6. The van der Waals surface area contributed by atoms with Gasteiger partial charge in [-0.2, -0.15) is 18.3 Å². The van der Waals surface area contributed by atoms with Crippen molar-refractivity contribution in [3.8, 4) is 0 Å². The molecule has 0 unspecified atom stereocenters. The average molecular weight is 458 g/mol. The number of carbonyl (C=O) groups is 2. The molecule has 1 saturated carbocycles. The average Bonchev–Trinajstić information content (AvgIpc) is 3.07. The van der Waals surface area contributed by atoms with E-state index in [-0.39, 0.29) is 11.9 Å². The number of amides is 1. The van der Waals surface area contributed by atoms with Crippen molar-refractivity contribution in [3.63, 3.8) is 0 Å². The Hall–Kier alpha value is -3.22. The molecule has 3 rings (SSSR count). The number of carboxylic acid groups (broad SMARTS) is 1. The Balaban J connectivity index is 0.000000451. The highest BCUT2D eigenvalue weighted by Gasteiger charge is 2.38. The van der Waals surface area contributed by atoms with Gasteiger partial charge in [0.1, 0.15) is 18.1 Å². The third-order valence-electron chi connectivity index (χ3n) is 4.57. The zero-order valence-corrected chi connectivity index (χ0v) is 17.8. The van der Waals surface area contributed by atoms with Crippen molar-refractivity contribution in [2.24, 2.45) is 7.05 Å². The van der Waals surface area contributed by atoms with Crippen LogP contribution in [0.1, 0.15) is 41.8 Å². The van der Waals surface area contributed by atoms with E-state index >= 15 is 0 Å². The van der Waals surface area contributed by atoms with Gasteiger partial charge in [0.05, 0.1) is 5.69 Å². The highest BCUT2D eigenvalue weighted by atomic mass is 19.4. The number of methoxy groups -OCH3 is 1. The molecule has 0 bridgehead atoms. The van der Waals surface area contributed by atoms with Crippen LogP contribution in [0.15, 0.2) is 18.3 Å². The van der Waals surface area contributed by atoms with Gasteiger partial charge in [-0.15, -0.1) is 0 Å². The van der Waals surface area contributed by atoms with E-state index < -0.39 is 12.1 Å². The van der Waals surface area contributed by atoms with Crippen LogP contribution in [0.3, 0.4) is 0 Å². The van der Waals surface area contributed by atoms with E-state index in [2.05, 4.69) is 25.7 Å². The van der Waals surface area contributed by atoms with Crippen molar-refractivity contribution in [1.82, 2.24) is 25.1 Å². The zero-order valence-electron chi connectivity index (χ0n) is 17.8. The lowest BCUT2D eigenvalue weighted by Gasteiger charge is -2.36. The van der Waals surface area contributed by atoms with E-state index in [1.807, 2.05) is 19.1 Å². The topological polar surface area (TPSA) is 131 Å². The first-order valence-electron chi connectivity index (χ1n) is 9.74. The number of hydrogen-bond donors (Lipinski definition) is 3. The fourth-order valence-corrected chi connectivity index (χ4v) is 2.91. The number of alkyl halides is 3. The van der Waals surface area contributed by atoms with Crippen LogP contribution in [0.25, 0.3) is 0 Å².